The van der Waals surface area contributed by atoms with Crippen LogP contribution in [0.4, 0.5) is 11.5 Å². The van der Waals surface area contributed by atoms with Crippen LogP contribution in [0.15, 0.2) is 28.9 Å². The van der Waals surface area contributed by atoms with Crippen LogP contribution in [-0.4, -0.2) is 4.98 Å². The van der Waals surface area contributed by atoms with Gasteiger partial charge in [0.15, 0.2) is 0 Å². The van der Waals surface area contributed by atoms with Gasteiger partial charge in [-0.05, 0) is 34.1 Å². The van der Waals surface area contributed by atoms with E-state index in [0.717, 1.165) is 13.7 Å². The van der Waals surface area contributed by atoms with E-state index in [1.54, 1.807) is 17.5 Å². The zero-order valence-electron chi connectivity index (χ0n) is 8.21. The van der Waals surface area contributed by atoms with Crippen LogP contribution >= 0.6 is 38.9 Å². The molecular formula is C10H9BrClN3S. The maximum Gasteiger partial charge on any atom is 0.149 e. The number of thiophene rings is 1. The molecule has 2 rings (SSSR count). The van der Waals surface area contributed by atoms with Crippen LogP contribution in [0, 0.1) is 0 Å². The highest BCUT2D eigenvalue weighted by Gasteiger charge is 2.02. The Labute approximate surface area is 111 Å². The van der Waals surface area contributed by atoms with E-state index in [9.17, 15) is 0 Å². The first kappa shape index (κ1) is 11.7. The van der Waals surface area contributed by atoms with Crippen LogP contribution in [0.5, 0.6) is 0 Å². The average molecular weight is 319 g/mol. The molecule has 3 nitrogen and oxygen atoms in total. The van der Waals surface area contributed by atoms with E-state index in [1.807, 2.05) is 18.2 Å². The van der Waals surface area contributed by atoms with Crippen LogP contribution in [0.25, 0.3) is 0 Å². The first-order valence-electron chi connectivity index (χ1n) is 4.54. The number of nitrogens with zero attached hydrogens (tertiary/aromatic N) is 1. The van der Waals surface area contributed by atoms with Crippen molar-refractivity contribution in [3.63, 3.8) is 0 Å². The van der Waals surface area contributed by atoms with Crippen molar-refractivity contribution in [1.29, 1.82) is 0 Å². The van der Waals surface area contributed by atoms with Gasteiger partial charge in [0, 0.05) is 15.5 Å². The summed E-state index contributed by atoms with van der Waals surface area (Å²) in [5, 5.41) is 3.16. The van der Waals surface area contributed by atoms with E-state index in [-0.39, 0.29) is 0 Å². The van der Waals surface area contributed by atoms with Crippen LogP contribution in [-0.2, 0) is 6.54 Å². The van der Waals surface area contributed by atoms with Crippen LogP contribution in [0.1, 0.15) is 4.88 Å². The van der Waals surface area contributed by atoms with Crippen LogP contribution < -0.4 is 11.1 Å². The Kier molecular flexibility index (Phi) is 3.68. The van der Waals surface area contributed by atoms with E-state index in [1.165, 1.54) is 0 Å². The predicted molar refractivity (Wildman–Crippen MR) is 73.0 cm³/mol. The zero-order valence-corrected chi connectivity index (χ0v) is 11.4. The predicted octanol–water partition coefficient (Wildman–Crippen LogP) is 3.75. The van der Waals surface area contributed by atoms with Crippen molar-refractivity contribution in [2.45, 2.75) is 6.54 Å². The number of pyridine rings is 1. The molecule has 2 aromatic heterocycles. The summed E-state index contributed by atoms with van der Waals surface area (Å²) in [4.78, 5) is 5.34. The number of hydrogen-bond donors (Lipinski definition) is 2. The molecule has 84 valence electrons. The lowest BCUT2D eigenvalue weighted by Gasteiger charge is -2.06. The second kappa shape index (κ2) is 5.03. The summed E-state index contributed by atoms with van der Waals surface area (Å²) in [5.74, 6) is 0.688. The molecule has 2 heterocycles. The topological polar surface area (TPSA) is 50.9 Å². The second-order valence-electron chi connectivity index (χ2n) is 3.15. The molecular weight excluding hydrogens is 310 g/mol. The van der Waals surface area contributed by atoms with Crippen molar-refractivity contribution in [3.8, 4) is 0 Å². The lowest BCUT2D eigenvalue weighted by Crippen LogP contribution is -2.03. The van der Waals surface area contributed by atoms with Crippen molar-refractivity contribution in [1.82, 2.24) is 4.98 Å². The Morgan fingerprint density at radius 3 is 2.94 bits per heavy atom. The average Bonchev–Trinajstić information content (AvgIpc) is 2.63. The van der Waals surface area contributed by atoms with Gasteiger partial charge in [0.1, 0.15) is 5.82 Å². The summed E-state index contributed by atoms with van der Waals surface area (Å²) < 4.78 is 1.66. The fourth-order valence-corrected chi connectivity index (χ4v) is 2.60. The fraction of sp³-hybridized carbons (Fsp3) is 0.100. The molecule has 0 unspecified atom stereocenters. The minimum atomic E-state index is 0.622. The molecule has 3 N–H and O–H groups in total. The standard InChI is InChI=1S/C10H9BrClN3S/c11-6-3-8(13)10(14-4-6)15-5-7-1-2-9(12)16-7/h1-4H,5,13H2,(H,14,15). The van der Waals surface area contributed by atoms with Gasteiger partial charge in [0.2, 0.25) is 0 Å². The molecule has 0 aromatic carbocycles. The fourth-order valence-electron chi connectivity index (χ4n) is 1.22. The highest BCUT2D eigenvalue weighted by atomic mass is 79.9. The summed E-state index contributed by atoms with van der Waals surface area (Å²) in [6.07, 6.45) is 1.71. The summed E-state index contributed by atoms with van der Waals surface area (Å²) in [6.45, 7) is 0.677. The minimum Gasteiger partial charge on any atom is -0.396 e. The Morgan fingerprint density at radius 1 is 1.50 bits per heavy atom. The molecule has 0 aliphatic heterocycles. The number of rotatable bonds is 3. The van der Waals surface area contributed by atoms with E-state index < -0.39 is 0 Å². The van der Waals surface area contributed by atoms with Crippen LogP contribution in [0.3, 0.4) is 0 Å². The van der Waals surface area contributed by atoms with Crippen molar-refractivity contribution in [2.24, 2.45) is 0 Å². The number of hydrogen-bond acceptors (Lipinski definition) is 4. The normalized spacial score (nSPS) is 10.4. The molecule has 0 fully saturated rings. The SMILES string of the molecule is Nc1cc(Br)cnc1NCc1ccc(Cl)s1. The highest BCUT2D eigenvalue weighted by Crippen LogP contribution is 2.24. The Balaban J connectivity index is 2.04. The van der Waals surface area contributed by atoms with Crippen molar-refractivity contribution < 1.29 is 0 Å². The largest absolute Gasteiger partial charge is 0.396 e. The Bertz CT molecular complexity index is 501. The third-order valence-corrected chi connectivity index (χ3v) is 3.61. The molecule has 0 amide bonds. The third-order valence-electron chi connectivity index (χ3n) is 1.94. The Morgan fingerprint density at radius 2 is 2.31 bits per heavy atom. The van der Waals surface area contributed by atoms with E-state index >= 15 is 0 Å². The minimum absolute atomic E-state index is 0.622. The summed E-state index contributed by atoms with van der Waals surface area (Å²) >= 11 is 10.7. The highest BCUT2D eigenvalue weighted by molar-refractivity contribution is 9.10. The van der Waals surface area contributed by atoms with Crippen molar-refractivity contribution >= 4 is 50.4 Å². The first-order valence-corrected chi connectivity index (χ1v) is 6.53. The third kappa shape index (κ3) is 2.87. The quantitative estimate of drug-likeness (QED) is 0.906. The van der Waals surface area contributed by atoms with Gasteiger partial charge in [0.05, 0.1) is 16.6 Å². The molecule has 0 aliphatic rings. The number of aromatic nitrogens is 1. The lowest BCUT2D eigenvalue weighted by atomic mass is 10.4. The maximum absolute atomic E-state index is 5.84. The van der Waals surface area contributed by atoms with E-state index in [4.69, 9.17) is 17.3 Å². The summed E-state index contributed by atoms with van der Waals surface area (Å²) in [5.41, 5.74) is 6.44. The van der Waals surface area contributed by atoms with Gasteiger partial charge in [-0.15, -0.1) is 11.3 Å². The molecule has 0 aliphatic carbocycles. The van der Waals surface area contributed by atoms with Gasteiger partial charge in [-0.3, -0.25) is 0 Å². The smallest absolute Gasteiger partial charge is 0.149 e. The molecule has 0 radical (unpaired) electrons. The van der Waals surface area contributed by atoms with Crippen LogP contribution in [0.2, 0.25) is 4.34 Å². The number of nitrogens with one attached hydrogen (secondary N) is 1. The van der Waals surface area contributed by atoms with Gasteiger partial charge in [-0.1, -0.05) is 11.6 Å². The van der Waals surface area contributed by atoms with Crippen molar-refractivity contribution in [3.05, 3.63) is 38.1 Å². The molecule has 0 saturated carbocycles. The molecule has 0 spiro atoms. The number of nitrogens with two attached hydrogens (primary N) is 1. The first-order chi connectivity index (χ1) is 7.65. The summed E-state index contributed by atoms with van der Waals surface area (Å²) in [6, 6.07) is 5.67. The maximum atomic E-state index is 5.84. The molecule has 0 atom stereocenters. The molecule has 6 heteroatoms. The zero-order chi connectivity index (χ0) is 11.5. The summed E-state index contributed by atoms with van der Waals surface area (Å²) in [7, 11) is 0. The van der Waals surface area contributed by atoms with Gasteiger partial charge in [-0.2, -0.15) is 0 Å². The van der Waals surface area contributed by atoms with Gasteiger partial charge >= 0.3 is 0 Å². The van der Waals surface area contributed by atoms with Gasteiger partial charge < -0.3 is 11.1 Å². The van der Waals surface area contributed by atoms with Gasteiger partial charge in [0.25, 0.3) is 0 Å². The molecule has 2 aromatic rings. The number of anilines is 2. The van der Waals surface area contributed by atoms with E-state index in [2.05, 4.69) is 26.2 Å². The Hall–Kier alpha value is -0.780. The monoisotopic (exact) mass is 317 g/mol. The lowest BCUT2D eigenvalue weighted by molar-refractivity contribution is 1.14. The second-order valence-corrected chi connectivity index (χ2v) is 5.87. The molecule has 0 saturated heterocycles. The van der Waals surface area contributed by atoms with Crippen molar-refractivity contribution in [2.75, 3.05) is 11.1 Å². The number of nitrogen functional groups attached to an aromatic ring is 1. The molecule has 16 heavy (non-hydrogen) atoms. The molecule has 0 bridgehead atoms. The number of halogens is 2. The van der Waals surface area contributed by atoms with E-state index in [0.29, 0.717) is 18.1 Å². The van der Waals surface area contributed by atoms with Gasteiger partial charge in [-0.25, -0.2) is 4.98 Å².